The molecule has 7 heteroatoms. The minimum Gasteiger partial charge on any atom is -0.388 e. The molecule has 0 bridgehead atoms. The van der Waals surface area contributed by atoms with Crippen molar-refractivity contribution in [2.45, 2.75) is 32.4 Å². The Balaban J connectivity index is 2.16. The third kappa shape index (κ3) is 1.96. The molecule has 20 heavy (non-hydrogen) atoms. The molecule has 2 aromatic rings. The first-order valence-electron chi connectivity index (χ1n) is 6.42. The molecule has 1 saturated carbocycles. The molecule has 0 unspecified atom stereocenters. The number of hydrogen-bond donors (Lipinski definition) is 1. The van der Waals surface area contributed by atoms with E-state index in [1.54, 1.807) is 19.1 Å². The second-order valence-corrected chi connectivity index (χ2v) is 4.91. The molecular formula is C13H14N4O3. The van der Waals surface area contributed by atoms with Crippen molar-refractivity contribution >= 4 is 5.69 Å². The third-order valence-electron chi connectivity index (χ3n) is 3.56. The van der Waals surface area contributed by atoms with E-state index in [9.17, 15) is 15.2 Å². The number of nitro benzene ring substituents is 1. The lowest BCUT2D eigenvalue weighted by Gasteiger charge is -2.09. The molecule has 1 aromatic carbocycles. The second-order valence-electron chi connectivity index (χ2n) is 4.91. The van der Waals surface area contributed by atoms with Crippen LogP contribution in [0.4, 0.5) is 5.69 Å². The summed E-state index contributed by atoms with van der Waals surface area (Å²) in [7, 11) is 0. The van der Waals surface area contributed by atoms with Gasteiger partial charge < -0.3 is 9.67 Å². The number of aromatic nitrogens is 3. The summed E-state index contributed by atoms with van der Waals surface area (Å²) in [4.78, 5) is 10.6. The van der Waals surface area contributed by atoms with E-state index in [0.717, 1.165) is 12.8 Å². The van der Waals surface area contributed by atoms with Crippen LogP contribution in [0, 0.1) is 17.0 Å². The monoisotopic (exact) mass is 274 g/mol. The molecule has 1 aliphatic rings. The fraction of sp³-hybridized carbons (Fsp3) is 0.385. The van der Waals surface area contributed by atoms with Crippen LogP contribution in [0.3, 0.4) is 0 Å². The average molecular weight is 274 g/mol. The van der Waals surface area contributed by atoms with Crippen LogP contribution in [0.1, 0.15) is 30.3 Å². The van der Waals surface area contributed by atoms with Crippen LogP contribution in [0.2, 0.25) is 0 Å². The maximum Gasteiger partial charge on any atom is 0.273 e. The SMILES string of the molecule is Cc1c(-c2nnc(CO)n2C2CC2)cccc1[N+](=O)[O-]. The molecule has 0 radical (unpaired) electrons. The summed E-state index contributed by atoms with van der Waals surface area (Å²) in [5.41, 5.74) is 1.33. The van der Waals surface area contributed by atoms with Gasteiger partial charge in [-0.3, -0.25) is 10.1 Å². The molecule has 1 N–H and O–H groups in total. The Morgan fingerprint density at radius 2 is 2.20 bits per heavy atom. The van der Waals surface area contributed by atoms with E-state index in [1.165, 1.54) is 6.07 Å². The summed E-state index contributed by atoms with van der Waals surface area (Å²) in [6.45, 7) is 1.52. The zero-order valence-corrected chi connectivity index (χ0v) is 11.0. The molecule has 0 spiro atoms. The van der Waals surface area contributed by atoms with Gasteiger partial charge in [0, 0.05) is 23.2 Å². The molecule has 0 aliphatic heterocycles. The Labute approximate surface area is 115 Å². The van der Waals surface area contributed by atoms with Crippen molar-refractivity contribution in [3.8, 4) is 11.4 Å². The first-order valence-corrected chi connectivity index (χ1v) is 6.42. The predicted octanol–water partition coefficient (Wildman–Crippen LogP) is 1.99. The van der Waals surface area contributed by atoms with Crippen molar-refractivity contribution in [3.05, 3.63) is 39.7 Å². The van der Waals surface area contributed by atoms with E-state index in [1.807, 2.05) is 4.57 Å². The van der Waals surface area contributed by atoms with E-state index in [2.05, 4.69) is 10.2 Å². The molecule has 1 aromatic heterocycles. The van der Waals surface area contributed by atoms with E-state index < -0.39 is 4.92 Å². The number of nitrogens with zero attached hydrogens (tertiary/aromatic N) is 4. The van der Waals surface area contributed by atoms with Gasteiger partial charge in [0.1, 0.15) is 6.61 Å². The molecule has 1 fully saturated rings. The van der Waals surface area contributed by atoms with Crippen molar-refractivity contribution in [2.75, 3.05) is 0 Å². The smallest absolute Gasteiger partial charge is 0.273 e. The summed E-state index contributed by atoms with van der Waals surface area (Å²) in [6.07, 6.45) is 2.04. The molecule has 0 saturated heterocycles. The van der Waals surface area contributed by atoms with E-state index in [4.69, 9.17) is 0 Å². The Bertz CT molecular complexity index is 676. The van der Waals surface area contributed by atoms with E-state index in [-0.39, 0.29) is 12.3 Å². The highest BCUT2D eigenvalue weighted by atomic mass is 16.6. The van der Waals surface area contributed by atoms with Gasteiger partial charge >= 0.3 is 0 Å². The zero-order valence-electron chi connectivity index (χ0n) is 11.0. The quantitative estimate of drug-likeness (QED) is 0.679. The first kappa shape index (κ1) is 12.7. The maximum absolute atomic E-state index is 11.0. The van der Waals surface area contributed by atoms with E-state index in [0.29, 0.717) is 28.8 Å². The van der Waals surface area contributed by atoms with Crippen molar-refractivity contribution in [1.82, 2.24) is 14.8 Å². The van der Waals surface area contributed by atoms with E-state index >= 15 is 0 Å². The van der Waals surface area contributed by atoms with Crippen LogP contribution in [-0.2, 0) is 6.61 Å². The van der Waals surface area contributed by atoms with Crippen LogP contribution < -0.4 is 0 Å². The number of benzene rings is 1. The summed E-state index contributed by atoms with van der Waals surface area (Å²) >= 11 is 0. The lowest BCUT2D eigenvalue weighted by Crippen LogP contribution is -2.04. The van der Waals surface area contributed by atoms with Crippen LogP contribution in [0.25, 0.3) is 11.4 Å². The minimum absolute atomic E-state index is 0.0680. The predicted molar refractivity (Wildman–Crippen MR) is 71.0 cm³/mol. The summed E-state index contributed by atoms with van der Waals surface area (Å²) in [5, 5.41) is 28.4. The van der Waals surface area contributed by atoms with Crippen LogP contribution >= 0.6 is 0 Å². The first-order chi connectivity index (χ1) is 9.63. The lowest BCUT2D eigenvalue weighted by atomic mass is 10.1. The van der Waals surface area contributed by atoms with Gasteiger partial charge in [-0.2, -0.15) is 0 Å². The highest BCUT2D eigenvalue weighted by molar-refractivity contribution is 5.66. The van der Waals surface area contributed by atoms with Crippen molar-refractivity contribution in [1.29, 1.82) is 0 Å². The number of aliphatic hydroxyl groups is 1. The Morgan fingerprint density at radius 1 is 1.45 bits per heavy atom. The van der Waals surface area contributed by atoms with Crippen molar-refractivity contribution in [2.24, 2.45) is 0 Å². The second kappa shape index (κ2) is 4.68. The lowest BCUT2D eigenvalue weighted by molar-refractivity contribution is -0.385. The van der Waals surface area contributed by atoms with Crippen LogP contribution in [0.5, 0.6) is 0 Å². The highest BCUT2D eigenvalue weighted by Gasteiger charge is 2.30. The summed E-state index contributed by atoms with van der Waals surface area (Å²) in [5.74, 6) is 1.10. The van der Waals surface area contributed by atoms with Gasteiger partial charge in [0.25, 0.3) is 5.69 Å². The third-order valence-corrected chi connectivity index (χ3v) is 3.56. The fourth-order valence-electron chi connectivity index (χ4n) is 2.40. The Morgan fingerprint density at radius 3 is 2.80 bits per heavy atom. The molecule has 1 aliphatic carbocycles. The van der Waals surface area contributed by atoms with Gasteiger partial charge in [-0.05, 0) is 19.8 Å². The topological polar surface area (TPSA) is 94.1 Å². The molecule has 104 valence electrons. The van der Waals surface area contributed by atoms with Gasteiger partial charge in [-0.25, -0.2) is 0 Å². The minimum atomic E-state index is -0.399. The van der Waals surface area contributed by atoms with Gasteiger partial charge in [0.15, 0.2) is 11.6 Å². The molecular weight excluding hydrogens is 260 g/mol. The largest absolute Gasteiger partial charge is 0.388 e. The molecule has 0 amide bonds. The number of aliphatic hydroxyl groups excluding tert-OH is 1. The van der Waals surface area contributed by atoms with Gasteiger partial charge in [0.05, 0.1) is 4.92 Å². The Kier molecular flexibility index (Phi) is 2.98. The summed E-state index contributed by atoms with van der Waals surface area (Å²) in [6, 6.07) is 5.21. The molecule has 3 rings (SSSR count). The van der Waals surface area contributed by atoms with Gasteiger partial charge in [-0.1, -0.05) is 12.1 Å². The Hall–Kier alpha value is -2.28. The standard InChI is InChI=1S/C13H14N4O3/c1-8-10(3-2-4-11(8)17(19)20)13-15-14-12(7-18)16(13)9-5-6-9/h2-4,9,18H,5-7H2,1H3. The molecule has 7 nitrogen and oxygen atoms in total. The fourth-order valence-corrected chi connectivity index (χ4v) is 2.40. The highest BCUT2D eigenvalue weighted by Crippen LogP contribution is 2.40. The number of nitro groups is 1. The van der Waals surface area contributed by atoms with Crippen molar-refractivity contribution in [3.63, 3.8) is 0 Å². The van der Waals surface area contributed by atoms with Crippen LogP contribution in [0.15, 0.2) is 18.2 Å². The van der Waals surface area contributed by atoms with Gasteiger partial charge in [0.2, 0.25) is 0 Å². The van der Waals surface area contributed by atoms with Crippen molar-refractivity contribution < 1.29 is 10.0 Å². The summed E-state index contributed by atoms with van der Waals surface area (Å²) < 4.78 is 1.89. The normalized spacial score (nSPS) is 14.5. The van der Waals surface area contributed by atoms with Gasteiger partial charge in [-0.15, -0.1) is 10.2 Å². The van der Waals surface area contributed by atoms with Crippen LogP contribution in [-0.4, -0.2) is 24.8 Å². The molecule has 1 heterocycles. The number of hydrogen-bond acceptors (Lipinski definition) is 5. The average Bonchev–Trinajstić information content (AvgIpc) is 3.18. The zero-order chi connectivity index (χ0) is 14.3. The maximum atomic E-state index is 11.0. The number of rotatable bonds is 4. The molecule has 0 atom stereocenters.